The minimum absolute atomic E-state index is 0.112. The summed E-state index contributed by atoms with van der Waals surface area (Å²) in [4.78, 5) is 28.3. The van der Waals surface area contributed by atoms with E-state index in [1.54, 1.807) is 18.2 Å². The van der Waals surface area contributed by atoms with Crippen molar-refractivity contribution in [2.24, 2.45) is 0 Å². The summed E-state index contributed by atoms with van der Waals surface area (Å²) in [6.07, 6.45) is 0.301. The number of benzene rings is 2. The van der Waals surface area contributed by atoms with Crippen molar-refractivity contribution in [3.05, 3.63) is 58.7 Å². The van der Waals surface area contributed by atoms with E-state index >= 15 is 0 Å². The molecule has 6 heteroatoms. The Kier molecular flexibility index (Phi) is 4.81. The number of esters is 1. The number of nitrogens with one attached hydrogen (secondary N) is 1. The number of rotatable bonds is 4. The number of aromatic nitrogens is 1. The molecule has 25 heavy (non-hydrogen) atoms. The lowest BCUT2D eigenvalue weighted by molar-refractivity contribution is -0.115. The van der Waals surface area contributed by atoms with E-state index in [-0.39, 0.29) is 5.91 Å². The highest BCUT2D eigenvalue weighted by atomic mass is 32.1. The number of carbonyl (C=O) groups excluding carboxylic acids is 2. The van der Waals surface area contributed by atoms with Crippen LogP contribution in [0, 0.1) is 13.8 Å². The van der Waals surface area contributed by atoms with Gasteiger partial charge in [-0.2, -0.15) is 0 Å². The molecule has 0 fully saturated rings. The SMILES string of the molecule is COC(=O)c1ccc2nc(NC(=O)Cc3ccc(C)cc3C)sc2c1. The molecule has 0 bridgehead atoms. The van der Waals surface area contributed by atoms with E-state index in [0.717, 1.165) is 21.3 Å². The minimum Gasteiger partial charge on any atom is -0.465 e. The van der Waals surface area contributed by atoms with Gasteiger partial charge in [0.1, 0.15) is 0 Å². The summed E-state index contributed by atoms with van der Waals surface area (Å²) >= 11 is 1.33. The zero-order valence-corrected chi connectivity index (χ0v) is 15.1. The highest BCUT2D eigenvalue weighted by molar-refractivity contribution is 7.22. The second-order valence-electron chi connectivity index (χ2n) is 5.85. The van der Waals surface area contributed by atoms with Crippen LogP contribution in [0.4, 0.5) is 5.13 Å². The molecular formula is C19H18N2O3S. The summed E-state index contributed by atoms with van der Waals surface area (Å²) in [6, 6.07) is 11.2. The monoisotopic (exact) mass is 354 g/mol. The zero-order chi connectivity index (χ0) is 18.0. The molecule has 1 amide bonds. The molecule has 0 saturated heterocycles. The Hall–Kier alpha value is -2.73. The fraction of sp³-hybridized carbons (Fsp3) is 0.211. The van der Waals surface area contributed by atoms with Gasteiger partial charge in [-0.1, -0.05) is 35.1 Å². The Bertz CT molecular complexity index is 962. The van der Waals surface area contributed by atoms with Crippen molar-refractivity contribution in [1.82, 2.24) is 4.98 Å². The van der Waals surface area contributed by atoms with E-state index in [9.17, 15) is 9.59 Å². The molecule has 3 rings (SSSR count). The first kappa shape index (κ1) is 17.1. The van der Waals surface area contributed by atoms with Gasteiger partial charge in [0.15, 0.2) is 5.13 Å². The Labute approximate surface area is 149 Å². The molecule has 0 aliphatic rings. The average molecular weight is 354 g/mol. The van der Waals surface area contributed by atoms with Gasteiger partial charge in [-0.15, -0.1) is 0 Å². The van der Waals surface area contributed by atoms with E-state index in [2.05, 4.69) is 16.4 Å². The van der Waals surface area contributed by atoms with Gasteiger partial charge >= 0.3 is 5.97 Å². The summed E-state index contributed by atoms with van der Waals surface area (Å²) in [5.41, 5.74) is 4.47. The molecule has 5 nitrogen and oxygen atoms in total. The van der Waals surface area contributed by atoms with Crippen molar-refractivity contribution in [3.63, 3.8) is 0 Å². The predicted octanol–water partition coefficient (Wildman–Crippen LogP) is 3.88. The maximum absolute atomic E-state index is 12.3. The van der Waals surface area contributed by atoms with Crippen LogP contribution in [0.2, 0.25) is 0 Å². The molecule has 128 valence electrons. The first-order chi connectivity index (χ1) is 12.0. The fourth-order valence-electron chi connectivity index (χ4n) is 2.60. The second-order valence-corrected chi connectivity index (χ2v) is 6.88. The van der Waals surface area contributed by atoms with Crippen molar-refractivity contribution in [3.8, 4) is 0 Å². The van der Waals surface area contributed by atoms with E-state index < -0.39 is 5.97 Å². The van der Waals surface area contributed by atoms with Crippen LogP contribution in [0.3, 0.4) is 0 Å². The zero-order valence-electron chi connectivity index (χ0n) is 14.3. The summed E-state index contributed by atoms with van der Waals surface area (Å²) in [6.45, 7) is 4.03. The van der Waals surface area contributed by atoms with Crippen molar-refractivity contribution >= 4 is 38.6 Å². The van der Waals surface area contributed by atoms with Crippen molar-refractivity contribution < 1.29 is 14.3 Å². The first-order valence-corrected chi connectivity index (χ1v) is 8.63. The quantitative estimate of drug-likeness (QED) is 0.722. The van der Waals surface area contributed by atoms with E-state index in [1.807, 2.05) is 26.0 Å². The van der Waals surface area contributed by atoms with Crippen molar-refractivity contribution in [2.75, 3.05) is 12.4 Å². The first-order valence-electron chi connectivity index (χ1n) is 7.81. The molecule has 1 aromatic heterocycles. The van der Waals surface area contributed by atoms with Crippen LogP contribution < -0.4 is 5.32 Å². The molecule has 3 aromatic rings. The summed E-state index contributed by atoms with van der Waals surface area (Å²) < 4.78 is 5.54. The van der Waals surface area contributed by atoms with Gasteiger partial charge < -0.3 is 10.1 Å². The van der Waals surface area contributed by atoms with Gasteiger partial charge in [0.05, 0.1) is 29.3 Å². The molecule has 0 radical (unpaired) electrons. The van der Waals surface area contributed by atoms with Gasteiger partial charge in [-0.3, -0.25) is 4.79 Å². The Morgan fingerprint density at radius 2 is 1.96 bits per heavy atom. The molecule has 0 aliphatic carbocycles. The van der Waals surface area contributed by atoms with Crippen LogP contribution in [-0.4, -0.2) is 24.0 Å². The highest BCUT2D eigenvalue weighted by Gasteiger charge is 2.12. The minimum atomic E-state index is -0.393. The molecule has 0 atom stereocenters. The molecule has 2 aromatic carbocycles. The third kappa shape index (κ3) is 3.85. The van der Waals surface area contributed by atoms with Crippen LogP contribution in [0.1, 0.15) is 27.0 Å². The Balaban J connectivity index is 1.75. The molecule has 0 aliphatic heterocycles. The lowest BCUT2D eigenvalue weighted by Crippen LogP contribution is -2.14. The molecule has 0 saturated carbocycles. The summed E-state index contributed by atoms with van der Waals surface area (Å²) in [7, 11) is 1.35. The number of thiazole rings is 1. The van der Waals surface area contributed by atoms with Gasteiger partial charge in [0, 0.05) is 0 Å². The van der Waals surface area contributed by atoms with Crippen molar-refractivity contribution in [1.29, 1.82) is 0 Å². The molecule has 1 heterocycles. The Morgan fingerprint density at radius 3 is 2.68 bits per heavy atom. The third-order valence-corrected chi connectivity index (χ3v) is 4.84. The number of amides is 1. The largest absolute Gasteiger partial charge is 0.465 e. The van der Waals surface area contributed by atoms with Crippen LogP contribution in [0.15, 0.2) is 36.4 Å². The van der Waals surface area contributed by atoms with Crippen LogP contribution in [0.25, 0.3) is 10.2 Å². The highest BCUT2D eigenvalue weighted by Crippen LogP contribution is 2.27. The van der Waals surface area contributed by atoms with E-state index in [1.165, 1.54) is 24.0 Å². The number of anilines is 1. The van der Waals surface area contributed by atoms with E-state index in [0.29, 0.717) is 17.1 Å². The molecule has 0 spiro atoms. The fourth-order valence-corrected chi connectivity index (χ4v) is 3.52. The summed E-state index contributed by atoms with van der Waals surface area (Å²) in [5.74, 6) is -0.505. The molecule has 0 unspecified atom stereocenters. The topological polar surface area (TPSA) is 68.3 Å². The van der Waals surface area contributed by atoms with Crippen LogP contribution >= 0.6 is 11.3 Å². The number of fused-ring (bicyclic) bond motifs is 1. The van der Waals surface area contributed by atoms with Gasteiger partial charge in [0.2, 0.25) is 5.91 Å². The maximum Gasteiger partial charge on any atom is 0.337 e. The average Bonchev–Trinajstić information content (AvgIpc) is 2.97. The number of carbonyl (C=O) groups is 2. The molecular weight excluding hydrogens is 336 g/mol. The smallest absolute Gasteiger partial charge is 0.337 e. The number of aryl methyl sites for hydroxylation is 2. The number of methoxy groups -OCH3 is 1. The number of hydrogen-bond donors (Lipinski definition) is 1. The van der Waals surface area contributed by atoms with Gasteiger partial charge in [0.25, 0.3) is 0 Å². The van der Waals surface area contributed by atoms with Gasteiger partial charge in [-0.25, -0.2) is 9.78 Å². The maximum atomic E-state index is 12.3. The summed E-state index contributed by atoms with van der Waals surface area (Å²) in [5, 5.41) is 3.36. The lowest BCUT2D eigenvalue weighted by Gasteiger charge is -2.06. The molecule has 1 N–H and O–H groups in total. The normalized spacial score (nSPS) is 10.7. The lowest BCUT2D eigenvalue weighted by atomic mass is 10.0. The standard InChI is InChI=1S/C19H18N2O3S/c1-11-4-5-13(12(2)8-11)10-17(22)21-19-20-15-7-6-14(18(23)24-3)9-16(15)25-19/h4-9H,10H2,1-3H3,(H,20,21,22). The van der Waals surface area contributed by atoms with Crippen LogP contribution in [-0.2, 0) is 16.0 Å². The number of nitrogens with zero attached hydrogens (tertiary/aromatic N) is 1. The third-order valence-electron chi connectivity index (χ3n) is 3.90. The second kappa shape index (κ2) is 7.03. The Morgan fingerprint density at radius 1 is 1.16 bits per heavy atom. The van der Waals surface area contributed by atoms with Crippen molar-refractivity contribution in [2.45, 2.75) is 20.3 Å². The van der Waals surface area contributed by atoms with Gasteiger partial charge in [-0.05, 0) is 43.2 Å². The van der Waals surface area contributed by atoms with E-state index in [4.69, 9.17) is 4.74 Å². The number of hydrogen-bond acceptors (Lipinski definition) is 5. The predicted molar refractivity (Wildman–Crippen MR) is 99.2 cm³/mol. The number of ether oxygens (including phenoxy) is 1. The van der Waals surface area contributed by atoms with Crippen LogP contribution in [0.5, 0.6) is 0 Å².